The summed E-state index contributed by atoms with van der Waals surface area (Å²) in [7, 11) is 1.42. The predicted molar refractivity (Wildman–Crippen MR) is 90.8 cm³/mol. The molecular formula is C18H19FN4O2. The number of aromatic nitrogens is 3. The first-order chi connectivity index (χ1) is 12.1. The van der Waals surface area contributed by atoms with Gasteiger partial charge in [0.1, 0.15) is 0 Å². The van der Waals surface area contributed by atoms with Crippen LogP contribution in [0.25, 0.3) is 5.65 Å². The molecule has 1 unspecified atom stereocenters. The van der Waals surface area contributed by atoms with Gasteiger partial charge < -0.3 is 10.1 Å². The van der Waals surface area contributed by atoms with Crippen LogP contribution in [0.2, 0.25) is 0 Å². The molecule has 0 fully saturated rings. The molecule has 1 N–H and O–H groups in total. The van der Waals surface area contributed by atoms with Gasteiger partial charge in [-0.15, -0.1) is 10.2 Å². The lowest BCUT2D eigenvalue weighted by Crippen LogP contribution is -2.28. The van der Waals surface area contributed by atoms with Gasteiger partial charge >= 0.3 is 0 Å². The summed E-state index contributed by atoms with van der Waals surface area (Å²) in [5.74, 6) is 0.306. The molecule has 7 heteroatoms. The van der Waals surface area contributed by atoms with Crippen molar-refractivity contribution in [1.82, 2.24) is 19.9 Å². The Morgan fingerprint density at radius 2 is 2.16 bits per heavy atom. The van der Waals surface area contributed by atoms with Crippen LogP contribution in [0.15, 0.2) is 42.6 Å². The van der Waals surface area contributed by atoms with Crippen LogP contribution in [0.3, 0.4) is 0 Å². The van der Waals surface area contributed by atoms with Crippen molar-refractivity contribution in [1.29, 1.82) is 0 Å². The Morgan fingerprint density at radius 1 is 1.32 bits per heavy atom. The minimum atomic E-state index is -0.427. The van der Waals surface area contributed by atoms with E-state index in [4.69, 9.17) is 4.74 Å². The molecule has 0 aliphatic carbocycles. The van der Waals surface area contributed by atoms with E-state index < -0.39 is 5.82 Å². The fourth-order valence-corrected chi connectivity index (χ4v) is 2.66. The highest BCUT2D eigenvalue weighted by Crippen LogP contribution is 2.18. The molecule has 0 spiro atoms. The molecule has 2 aromatic heterocycles. The number of methoxy groups -OCH3 is 1. The highest BCUT2D eigenvalue weighted by Gasteiger charge is 2.15. The van der Waals surface area contributed by atoms with Gasteiger partial charge in [0.15, 0.2) is 23.0 Å². The standard InChI is InChI=1S/C18H19FN4O2/c1-12(18-22-21-16-5-3-4-10-23(16)18)20-17(24)9-7-13-6-8-15(25-2)14(19)11-13/h3-6,8,10-12H,7,9H2,1-2H3,(H,20,24). The molecule has 130 valence electrons. The Hall–Kier alpha value is -2.96. The second kappa shape index (κ2) is 7.29. The lowest BCUT2D eigenvalue weighted by atomic mass is 10.1. The molecule has 1 atom stereocenters. The molecule has 1 amide bonds. The minimum absolute atomic E-state index is 0.128. The summed E-state index contributed by atoms with van der Waals surface area (Å²) >= 11 is 0. The average molecular weight is 342 g/mol. The van der Waals surface area contributed by atoms with Crippen molar-refractivity contribution in [3.63, 3.8) is 0 Å². The molecule has 0 saturated heterocycles. The van der Waals surface area contributed by atoms with Gasteiger partial charge in [0, 0.05) is 12.6 Å². The Morgan fingerprint density at radius 3 is 2.92 bits per heavy atom. The van der Waals surface area contributed by atoms with Gasteiger partial charge in [0.05, 0.1) is 13.2 Å². The lowest BCUT2D eigenvalue weighted by Gasteiger charge is -2.12. The predicted octanol–water partition coefficient (Wildman–Crippen LogP) is 2.69. The summed E-state index contributed by atoms with van der Waals surface area (Å²) in [4.78, 5) is 12.2. The largest absolute Gasteiger partial charge is 0.494 e. The van der Waals surface area contributed by atoms with Crippen LogP contribution < -0.4 is 10.1 Å². The van der Waals surface area contributed by atoms with Crippen molar-refractivity contribution in [2.75, 3.05) is 7.11 Å². The van der Waals surface area contributed by atoms with E-state index in [1.807, 2.05) is 35.7 Å². The molecule has 0 aliphatic rings. The Labute approximate surface area is 144 Å². The normalized spacial score (nSPS) is 12.1. The first-order valence-corrected chi connectivity index (χ1v) is 8.00. The number of aryl methyl sites for hydroxylation is 1. The number of pyridine rings is 1. The third-order valence-electron chi connectivity index (χ3n) is 3.96. The summed E-state index contributed by atoms with van der Waals surface area (Å²) in [6, 6.07) is 10.0. The quantitative estimate of drug-likeness (QED) is 0.748. The second-order valence-electron chi connectivity index (χ2n) is 5.75. The Balaban J connectivity index is 1.59. The number of hydrogen-bond donors (Lipinski definition) is 1. The highest BCUT2D eigenvalue weighted by molar-refractivity contribution is 5.76. The van der Waals surface area contributed by atoms with Crippen molar-refractivity contribution < 1.29 is 13.9 Å². The van der Waals surface area contributed by atoms with Crippen LogP contribution in [-0.4, -0.2) is 27.6 Å². The summed E-state index contributed by atoms with van der Waals surface area (Å²) < 4.78 is 20.4. The number of halogens is 1. The number of carbonyl (C=O) groups excluding carboxylic acids is 1. The summed E-state index contributed by atoms with van der Waals surface area (Å²) in [6.45, 7) is 1.86. The third kappa shape index (κ3) is 3.76. The summed E-state index contributed by atoms with van der Waals surface area (Å²) in [5, 5.41) is 11.1. The van der Waals surface area contributed by atoms with Crippen LogP contribution in [0.1, 0.15) is 30.8 Å². The van der Waals surface area contributed by atoms with Crippen LogP contribution in [-0.2, 0) is 11.2 Å². The molecule has 3 rings (SSSR count). The van der Waals surface area contributed by atoms with Crippen molar-refractivity contribution in [3.8, 4) is 5.75 Å². The smallest absolute Gasteiger partial charge is 0.220 e. The third-order valence-corrected chi connectivity index (χ3v) is 3.96. The number of fused-ring (bicyclic) bond motifs is 1. The molecule has 3 aromatic rings. The van der Waals surface area contributed by atoms with Gasteiger partial charge in [-0.25, -0.2) is 4.39 Å². The van der Waals surface area contributed by atoms with Crippen LogP contribution in [0.5, 0.6) is 5.75 Å². The van der Waals surface area contributed by atoms with Crippen molar-refractivity contribution in [2.45, 2.75) is 25.8 Å². The van der Waals surface area contributed by atoms with Crippen molar-refractivity contribution in [2.24, 2.45) is 0 Å². The highest BCUT2D eigenvalue weighted by atomic mass is 19.1. The van der Waals surface area contributed by atoms with Gasteiger partial charge in [0.2, 0.25) is 5.91 Å². The number of carbonyl (C=O) groups is 1. The first kappa shape index (κ1) is 16.9. The molecule has 1 aromatic carbocycles. The second-order valence-corrected chi connectivity index (χ2v) is 5.75. The summed E-state index contributed by atoms with van der Waals surface area (Å²) in [6.07, 6.45) is 2.56. The van der Waals surface area contributed by atoms with Gasteiger partial charge in [-0.05, 0) is 43.2 Å². The minimum Gasteiger partial charge on any atom is -0.494 e. The number of amides is 1. The maximum Gasteiger partial charge on any atom is 0.220 e. The van der Waals surface area contributed by atoms with E-state index in [1.165, 1.54) is 13.2 Å². The zero-order valence-electron chi connectivity index (χ0n) is 14.1. The van der Waals surface area contributed by atoms with Gasteiger partial charge in [-0.1, -0.05) is 12.1 Å². The Bertz CT molecular complexity index is 894. The topological polar surface area (TPSA) is 68.5 Å². The fourth-order valence-electron chi connectivity index (χ4n) is 2.66. The van der Waals surface area contributed by atoms with E-state index in [-0.39, 0.29) is 24.1 Å². The first-order valence-electron chi connectivity index (χ1n) is 8.00. The van der Waals surface area contributed by atoms with Crippen LogP contribution in [0.4, 0.5) is 4.39 Å². The van der Waals surface area contributed by atoms with Crippen molar-refractivity contribution in [3.05, 3.63) is 59.8 Å². The number of nitrogens with one attached hydrogen (secondary N) is 1. The number of ether oxygens (including phenoxy) is 1. The van der Waals surface area contributed by atoms with E-state index in [9.17, 15) is 9.18 Å². The maximum atomic E-state index is 13.7. The molecule has 25 heavy (non-hydrogen) atoms. The van der Waals surface area contributed by atoms with Crippen LogP contribution in [0, 0.1) is 5.82 Å². The van der Waals surface area contributed by atoms with E-state index in [1.54, 1.807) is 12.1 Å². The average Bonchev–Trinajstić information content (AvgIpc) is 3.04. The van der Waals surface area contributed by atoms with Gasteiger partial charge in [-0.3, -0.25) is 9.20 Å². The van der Waals surface area contributed by atoms with Gasteiger partial charge in [0.25, 0.3) is 0 Å². The SMILES string of the molecule is COc1ccc(CCC(=O)NC(C)c2nnc3ccccn23)cc1F. The van der Waals surface area contributed by atoms with Gasteiger partial charge in [-0.2, -0.15) is 0 Å². The fraction of sp³-hybridized carbons (Fsp3) is 0.278. The summed E-state index contributed by atoms with van der Waals surface area (Å²) in [5.41, 5.74) is 1.47. The van der Waals surface area contributed by atoms with E-state index >= 15 is 0 Å². The molecule has 0 bridgehead atoms. The van der Waals surface area contributed by atoms with Crippen molar-refractivity contribution >= 4 is 11.6 Å². The Kier molecular flexibility index (Phi) is 4.92. The number of nitrogens with zero attached hydrogens (tertiary/aromatic N) is 3. The van der Waals surface area contributed by atoms with E-state index in [0.717, 1.165) is 11.2 Å². The molecule has 2 heterocycles. The molecule has 0 saturated carbocycles. The monoisotopic (exact) mass is 342 g/mol. The zero-order chi connectivity index (χ0) is 17.8. The molecular weight excluding hydrogens is 323 g/mol. The molecule has 6 nitrogen and oxygen atoms in total. The zero-order valence-corrected chi connectivity index (χ0v) is 14.1. The maximum absolute atomic E-state index is 13.7. The van der Waals surface area contributed by atoms with Crippen LogP contribution >= 0.6 is 0 Å². The molecule has 0 radical (unpaired) electrons. The lowest BCUT2D eigenvalue weighted by molar-refractivity contribution is -0.121. The van der Waals surface area contributed by atoms with E-state index in [0.29, 0.717) is 12.2 Å². The molecule has 0 aliphatic heterocycles. The number of hydrogen-bond acceptors (Lipinski definition) is 4. The number of benzene rings is 1. The van der Waals surface area contributed by atoms with E-state index in [2.05, 4.69) is 15.5 Å². The number of rotatable bonds is 6.